The van der Waals surface area contributed by atoms with Gasteiger partial charge in [0.1, 0.15) is 12.1 Å². The van der Waals surface area contributed by atoms with Crippen LogP contribution < -0.4 is 19.9 Å². The second-order valence-electron chi connectivity index (χ2n) is 3.81. The van der Waals surface area contributed by atoms with Gasteiger partial charge >= 0.3 is 0 Å². The van der Waals surface area contributed by atoms with Gasteiger partial charge in [-0.15, -0.1) is 0 Å². The van der Waals surface area contributed by atoms with Crippen LogP contribution in [0.1, 0.15) is 6.92 Å². The van der Waals surface area contributed by atoms with Crippen molar-refractivity contribution < 1.29 is 14.2 Å². The van der Waals surface area contributed by atoms with Crippen molar-refractivity contribution in [1.29, 1.82) is 5.26 Å². The number of rotatable bonds is 5. The highest BCUT2D eigenvalue weighted by atomic mass is 16.5. The second kappa shape index (κ2) is 5.41. The maximum atomic E-state index is 8.81. The van der Waals surface area contributed by atoms with Crippen LogP contribution >= 0.6 is 0 Å². The van der Waals surface area contributed by atoms with E-state index >= 15 is 0 Å². The Hall–Kier alpha value is -1.93. The Bertz CT molecular complexity index is 402. The van der Waals surface area contributed by atoms with Crippen LogP contribution in [-0.4, -0.2) is 26.4 Å². The molecule has 17 heavy (non-hydrogen) atoms. The topological polar surface area (TPSA) is 77.5 Å². The molecule has 92 valence electrons. The maximum Gasteiger partial charge on any atom is 0.203 e. The number of para-hydroxylation sites is 1. The van der Waals surface area contributed by atoms with E-state index in [1.165, 1.54) is 14.2 Å². The van der Waals surface area contributed by atoms with Crippen molar-refractivity contribution in [1.82, 2.24) is 0 Å². The van der Waals surface area contributed by atoms with Crippen molar-refractivity contribution in [3.63, 3.8) is 0 Å². The van der Waals surface area contributed by atoms with Crippen LogP contribution in [0.2, 0.25) is 0 Å². The Morgan fingerprint density at radius 1 is 1.29 bits per heavy atom. The second-order valence-corrected chi connectivity index (χ2v) is 3.81. The summed E-state index contributed by atoms with van der Waals surface area (Å²) < 4.78 is 15.8. The van der Waals surface area contributed by atoms with Crippen LogP contribution in [0.4, 0.5) is 0 Å². The number of methoxy groups -OCH3 is 2. The maximum absolute atomic E-state index is 8.81. The minimum Gasteiger partial charge on any atom is -0.493 e. The van der Waals surface area contributed by atoms with Gasteiger partial charge in [0, 0.05) is 0 Å². The van der Waals surface area contributed by atoms with Crippen LogP contribution in [-0.2, 0) is 0 Å². The average Bonchev–Trinajstić information content (AvgIpc) is 2.35. The molecule has 1 rings (SSSR count). The Labute approximate surface area is 101 Å². The molecule has 5 nitrogen and oxygen atoms in total. The van der Waals surface area contributed by atoms with Gasteiger partial charge in [0.15, 0.2) is 11.5 Å². The largest absolute Gasteiger partial charge is 0.493 e. The summed E-state index contributed by atoms with van der Waals surface area (Å²) in [7, 11) is 3.07. The van der Waals surface area contributed by atoms with Gasteiger partial charge in [-0.3, -0.25) is 0 Å². The van der Waals surface area contributed by atoms with Gasteiger partial charge in [0.2, 0.25) is 5.75 Å². The predicted molar refractivity (Wildman–Crippen MR) is 63.2 cm³/mol. The molecule has 0 aromatic heterocycles. The lowest BCUT2D eigenvalue weighted by Gasteiger charge is -2.19. The molecule has 0 fully saturated rings. The Morgan fingerprint density at radius 3 is 2.24 bits per heavy atom. The average molecular weight is 236 g/mol. The first-order chi connectivity index (χ1) is 8.04. The number of benzene rings is 1. The molecule has 1 unspecified atom stereocenters. The summed E-state index contributed by atoms with van der Waals surface area (Å²) in [6.45, 7) is 1.65. The highest BCUT2D eigenvalue weighted by molar-refractivity contribution is 5.51. The lowest BCUT2D eigenvalue weighted by atomic mass is 10.1. The van der Waals surface area contributed by atoms with E-state index in [9.17, 15) is 0 Å². The number of nitrogens with two attached hydrogens (primary N) is 1. The Morgan fingerprint density at radius 2 is 1.82 bits per heavy atom. The first-order valence-electron chi connectivity index (χ1n) is 5.08. The Kier molecular flexibility index (Phi) is 4.18. The van der Waals surface area contributed by atoms with E-state index in [0.29, 0.717) is 17.2 Å². The lowest BCUT2D eigenvalue weighted by Crippen LogP contribution is -2.40. The zero-order chi connectivity index (χ0) is 12.9. The van der Waals surface area contributed by atoms with Crippen molar-refractivity contribution in [2.75, 3.05) is 20.8 Å². The van der Waals surface area contributed by atoms with E-state index in [1.807, 2.05) is 6.07 Å². The quantitative estimate of drug-likeness (QED) is 0.834. The minimum atomic E-state index is -1.05. The molecular formula is C12H16N2O3. The highest BCUT2D eigenvalue weighted by Gasteiger charge is 2.21. The third kappa shape index (κ3) is 3.26. The van der Waals surface area contributed by atoms with Gasteiger partial charge in [0.25, 0.3) is 0 Å². The molecule has 0 saturated carbocycles. The fourth-order valence-electron chi connectivity index (χ4n) is 1.21. The minimum absolute atomic E-state index is 0.0558. The van der Waals surface area contributed by atoms with E-state index in [2.05, 4.69) is 0 Å². The van der Waals surface area contributed by atoms with Gasteiger partial charge in [-0.1, -0.05) is 6.07 Å². The van der Waals surface area contributed by atoms with Gasteiger partial charge < -0.3 is 19.9 Å². The van der Waals surface area contributed by atoms with Gasteiger partial charge in [-0.25, -0.2) is 0 Å². The monoisotopic (exact) mass is 236 g/mol. The summed E-state index contributed by atoms with van der Waals surface area (Å²) in [6.07, 6.45) is 0. The third-order valence-corrected chi connectivity index (χ3v) is 2.15. The lowest BCUT2D eigenvalue weighted by molar-refractivity contribution is 0.239. The van der Waals surface area contributed by atoms with Gasteiger partial charge in [0.05, 0.1) is 20.3 Å². The summed E-state index contributed by atoms with van der Waals surface area (Å²) in [5.41, 5.74) is 4.63. The first-order valence-corrected chi connectivity index (χ1v) is 5.08. The zero-order valence-corrected chi connectivity index (χ0v) is 10.2. The summed E-state index contributed by atoms with van der Waals surface area (Å²) in [5, 5.41) is 8.81. The number of hydrogen-bond acceptors (Lipinski definition) is 5. The molecule has 0 radical (unpaired) electrons. The third-order valence-electron chi connectivity index (χ3n) is 2.15. The summed E-state index contributed by atoms with van der Waals surface area (Å²) in [6, 6.07) is 7.24. The van der Waals surface area contributed by atoms with E-state index in [-0.39, 0.29) is 6.61 Å². The van der Waals surface area contributed by atoms with Gasteiger partial charge in [-0.2, -0.15) is 5.26 Å². The predicted octanol–water partition coefficient (Wildman–Crippen LogP) is 1.32. The fourth-order valence-corrected chi connectivity index (χ4v) is 1.21. The number of nitriles is 1. The molecule has 1 atom stereocenters. The molecular weight excluding hydrogens is 220 g/mol. The van der Waals surface area contributed by atoms with Crippen molar-refractivity contribution in [3.05, 3.63) is 18.2 Å². The molecule has 0 amide bonds. The molecule has 0 spiro atoms. The van der Waals surface area contributed by atoms with E-state index in [1.54, 1.807) is 25.1 Å². The van der Waals surface area contributed by atoms with Crippen LogP contribution in [0.15, 0.2) is 18.2 Å². The van der Waals surface area contributed by atoms with E-state index < -0.39 is 5.54 Å². The molecule has 0 aliphatic rings. The first kappa shape index (κ1) is 13.1. The van der Waals surface area contributed by atoms with Crippen LogP contribution in [0.3, 0.4) is 0 Å². The molecule has 5 heteroatoms. The normalized spacial score (nSPS) is 13.4. The Balaban J connectivity index is 2.93. The molecule has 0 heterocycles. The number of ether oxygens (including phenoxy) is 3. The molecule has 0 bridgehead atoms. The van der Waals surface area contributed by atoms with E-state index in [0.717, 1.165) is 0 Å². The van der Waals surface area contributed by atoms with Crippen LogP contribution in [0.5, 0.6) is 17.2 Å². The van der Waals surface area contributed by atoms with Crippen molar-refractivity contribution >= 4 is 0 Å². The van der Waals surface area contributed by atoms with Gasteiger partial charge in [-0.05, 0) is 19.1 Å². The van der Waals surface area contributed by atoms with E-state index in [4.69, 9.17) is 25.2 Å². The molecule has 0 aliphatic carbocycles. The fraction of sp³-hybridized carbons (Fsp3) is 0.417. The summed E-state index contributed by atoms with van der Waals surface area (Å²) in [5.74, 6) is 1.53. The molecule has 2 N–H and O–H groups in total. The summed E-state index contributed by atoms with van der Waals surface area (Å²) in [4.78, 5) is 0. The number of hydrogen-bond donors (Lipinski definition) is 1. The van der Waals surface area contributed by atoms with Crippen LogP contribution in [0, 0.1) is 11.3 Å². The summed E-state index contributed by atoms with van der Waals surface area (Å²) >= 11 is 0. The number of nitrogens with zero attached hydrogens (tertiary/aromatic N) is 1. The standard InChI is InChI=1S/C12H16N2O3/c1-12(14,7-13)8-17-11-9(15-2)5-4-6-10(11)16-3/h4-6H,8,14H2,1-3H3. The zero-order valence-electron chi connectivity index (χ0n) is 10.2. The molecule has 1 aromatic carbocycles. The molecule has 0 aliphatic heterocycles. The molecule has 1 aromatic rings. The van der Waals surface area contributed by atoms with Crippen molar-refractivity contribution in [3.8, 4) is 23.3 Å². The van der Waals surface area contributed by atoms with Crippen molar-refractivity contribution in [2.45, 2.75) is 12.5 Å². The van der Waals surface area contributed by atoms with Crippen molar-refractivity contribution in [2.24, 2.45) is 5.73 Å². The van der Waals surface area contributed by atoms with Crippen LogP contribution in [0.25, 0.3) is 0 Å². The SMILES string of the molecule is COc1cccc(OC)c1OCC(C)(N)C#N. The highest BCUT2D eigenvalue weighted by Crippen LogP contribution is 2.36. The molecule has 0 saturated heterocycles. The smallest absolute Gasteiger partial charge is 0.203 e.